The van der Waals surface area contributed by atoms with Crippen molar-refractivity contribution in [1.82, 2.24) is 9.80 Å². The maximum Gasteiger partial charge on any atom is 0.320 e. The van der Waals surface area contributed by atoms with Gasteiger partial charge in [-0.1, -0.05) is 6.42 Å². The Morgan fingerprint density at radius 3 is 2.71 bits per heavy atom. The van der Waals surface area contributed by atoms with Crippen LogP contribution in [0, 0.1) is 5.92 Å². The summed E-state index contributed by atoms with van der Waals surface area (Å²) in [6.07, 6.45) is 3.83. The van der Waals surface area contributed by atoms with Crippen molar-refractivity contribution in [3.63, 3.8) is 0 Å². The van der Waals surface area contributed by atoms with Crippen LogP contribution in [-0.4, -0.2) is 53.7 Å². The lowest BCUT2D eigenvalue weighted by atomic mass is 9.79. The zero-order chi connectivity index (χ0) is 10.1. The van der Waals surface area contributed by atoms with Crippen LogP contribution >= 0.6 is 0 Å². The van der Waals surface area contributed by atoms with Crippen LogP contribution in [0.2, 0.25) is 0 Å². The maximum absolute atomic E-state index is 11.7. The number of amides is 2. The van der Waals surface area contributed by atoms with E-state index in [2.05, 4.69) is 0 Å². The SMILES string of the molecule is CN1C(=O)N(CCO)CC1C1CCC1. The molecule has 1 saturated heterocycles. The van der Waals surface area contributed by atoms with Crippen molar-refractivity contribution >= 4 is 6.03 Å². The predicted octanol–water partition coefficient (Wildman–Crippen LogP) is 0.515. The molecule has 2 fully saturated rings. The smallest absolute Gasteiger partial charge is 0.320 e. The van der Waals surface area contributed by atoms with Gasteiger partial charge in [-0.25, -0.2) is 4.79 Å². The van der Waals surface area contributed by atoms with Crippen LogP contribution in [-0.2, 0) is 0 Å². The minimum absolute atomic E-state index is 0.0664. The van der Waals surface area contributed by atoms with E-state index in [0.717, 1.165) is 6.54 Å². The lowest BCUT2D eigenvalue weighted by molar-refractivity contribution is 0.163. The van der Waals surface area contributed by atoms with Crippen LogP contribution in [0.25, 0.3) is 0 Å². The topological polar surface area (TPSA) is 43.8 Å². The number of hydrogen-bond acceptors (Lipinski definition) is 2. The van der Waals surface area contributed by atoms with Gasteiger partial charge in [0.15, 0.2) is 0 Å². The summed E-state index contributed by atoms with van der Waals surface area (Å²) in [6.45, 7) is 1.35. The molecule has 4 nitrogen and oxygen atoms in total. The van der Waals surface area contributed by atoms with Crippen LogP contribution in [0.5, 0.6) is 0 Å². The number of urea groups is 1. The standard InChI is InChI=1S/C10H18N2O2/c1-11-9(8-3-2-4-8)7-12(5-6-13)10(11)14/h8-9,13H,2-7H2,1H3. The summed E-state index contributed by atoms with van der Waals surface area (Å²) in [5, 5.41) is 8.81. The van der Waals surface area contributed by atoms with Crippen molar-refractivity contribution in [2.75, 3.05) is 26.7 Å². The van der Waals surface area contributed by atoms with Crippen LogP contribution in [0.4, 0.5) is 4.79 Å². The normalized spacial score (nSPS) is 28.4. The quantitative estimate of drug-likeness (QED) is 0.718. The fourth-order valence-electron chi connectivity index (χ4n) is 2.39. The number of carbonyl (C=O) groups is 1. The van der Waals surface area contributed by atoms with Gasteiger partial charge in [-0.2, -0.15) is 0 Å². The summed E-state index contributed by atoms with van der Waals surface area (Å²) >= 11 is 0. The molecule has 1 unspecified atom stereocenters. The third-order valence-corrected chi connectivity index (χ3v) is 3.54. The van der Waals surface area contributed by atoms with Crippen molar-refractivity contribution in [3.8, 4) is 0 Å². The minimum atomic E-state index is 0.0664. The summed E-state index contributed by atoms with van der Waals surface area (Å²) in [5.41, 5.74) is 0. The van der Waals surface area contributed by atoms with Gasteiger partial charge in [-0.15, -0.1) is 0 Å². The van der Waals surface area contributed by atoms with Crippen LogP contribution in [0.15, 0.2) is 0 Å². The summed E-state index contributed by atoms with van der Waals surface area (Å²) in [4.78, 5) is 15.3. The van der Waals surface area contributed by atoms with Crippen molar-refractivity contribution < 1.29 is 9.90 Å². The van der Waals surface area contributed by atoms with Crippen molar-refractivity contribution in [2.45, 2.75) is 25.3 Å². The summed E-state index contributed by atoms with van der Waals surface area (Å²) in [7, 11) is 1.88. The second kappa shape index (κ2) is 3.77. The van der Waals surface area contributed by atoms with Gasteiger partial charge in [0.2, 0.25) is 0 Å². The molecule has 0 aromatic heterocycles. The fraction of sp³-hybridized carbons (Fsp3) is 0.900. The molecule has 1 atom stereocenters. The average molecular weight is 198 g/mol. The molecular weight excluding hydrogens is 180 g/mol. The lowest BCUT2D eigenvalue weighted by Gasteiger charge is -2.34. The maximum atomic E-state index is 11.7. The largest absolute Gasteiger partial charge is 0.395 e. The monoisotopic (exact) mass is 198 g/mol. The van der Waals surface area contributed by atoms with Gasteiger partial charge in [0.05, 0.1) is 12.6 Å². The van der Waals surface area contributed by atoms with Crippen molar-refractivity contribution in [2.24, 2.45) is 5.92 Å². The van der Waals surface area contributed by atoms with Gasteiger partial charge in [0.1, 0.15) is 0 Å². The van der Waals surface area contributed by atoms with Gasteiger partial charge >= 0.3 is 6.03 Å². The minimum Gasteiger partial charge on any atom is -0.395 e. The van der Waals surface area contributed by atoms with Gasteiger partial charge in [-0.05, 0) is 18.8 Å². The number of likely N-dealkylation sites (N-methyl/N-ethyl adjacent to an activating group) is 1. The van der Waals surface area contributed by atoms with Gasteiger partial charge in [-0.3, -0.25) is 0 Å². The molecule has 0 aromatic rings. The molecule has 80 valence electrons. The van der Waals surface area contributed by atoms with E-state index in [1.807, 2.05) is 11.9 Å². The summed E-state index contributed by atoms with van der Waals surface area (Å²) in [5.74, 6) is 0.702. The van der Waals surface area contributed by atoms with Gasteiger partial charge < -0.3 is 14.9 Å². The molecule has 0 spiro atoms. The number of β-amino-alcohol motifs (C(OH)–C–C–N with tert-alkyl or cyclic N) is 1. The van der Waals surface area contributed by atoms with Gasteiger partial charge in [0.25, 0.3) is 0 Å². The number of nitrogens with zero attached hydrogens (tertiary/aromatic N) is 2. The van der Waals surface area contributed by atoms with Crippen LogP contribution < -0.4 is 0 Å². The number of carbonyl (C=O) groups excluding carboxylic acids is 1. The molecular formula is C10H18N2O2. The molecule has 1 N–H and O–H groups in total. The Morgan fingerprint density at radius 1 is 1.50 bits per heavy atom. The van der Waals surface area contributed by atoms with Crippen LogP contribution in [0.1, 0.15) is 19.3 Å². The Balaban J connectivity index is 1.97. The zero-order valence-corrected chi connectivity index (χ0v) is 8.65. The lowest BCUT2D eigenvalue weighted by Crippen LogP contribution is -2.39. The Bertz CT molecular complexity index is 224. The van der Waals surface area contributed by atoms with E-state index in [9.17, 15) is 4.79 Å². The van der Waals surface area contributed by atoms with Crippen LogP contribution in [0.3, 0.4) is 0 Å². The second-order valence-electron chi connectivity index (χ2n) is 4.32. The second-order valence-corrected chi connectivity index (χ2v) is 4.32. The van der Waals surface area contributed by atoms with Gasteiger partial charge in [0, 0.05) is 20.1 Å². The molecule has 4 heteroatoms. The first-order chi connectivity index (χ1) is 6.74. The first-order valence-electron chi connectivity index (χ1n) is 5.36. The van der Waals surface area contributed by atoms with E-state index in [1.54, 1.807) is 4.90 Å². The summed E-state index contributed by atoms with van der Waals surface area (Å²) < 4.78 is 0. The first-order valence-corrected chi connectivity index (χ1v) is 5.36. The molecule has 1 aliphatic heterocycles. The highest BCUT2D eigenvalue weighted by atomic mass is 16.3. The Labute approximate surface area is 84.5 Å². The highest BCUT2D eigenvalue weighted by Gasteiger charge is 2.40. The third kappa shape index (κ3) is 1.47. The molecule has 0 radical (unpaired) electrons. The van der Waals surface area contributed by atoms with E-state index < -0.39 is 0 Å². The van der Waals surface area contributed by atoms with E-state index in [-0.39, 0.29) is 12.6 Å². The van der Waals surface area contributed by atoms with Crippen molar-refractivity contribution in [1.29, 1.82) is 0 Å². The number of aliphatic hydroxyl groups excluding tert-OH is 1. The number of hydrogen-bond donors (Lipinski definition) is 1. The zero-order valence-electron chi connectivity index (χ0n) is 8.65. The molecule has 1 aliphatic carbocycles. The first kappa shape index (κ1) is 9.77. The van der Waals surface area contributed by atoms with Crippen molar-refractivity contribution in [3.05, 3.63) is 0 Å². The Hall–Kier alpha value is -0.770. The third-order valence-electron chi connectivity index (χ3n) is 3.54. The van der Waals surface area contributed by atoms with E-state index in [0.29, 0.717) is 18.5 Å². The molecule has 1 heterocycles. The molecule has 0 bridgehead atoms. The molecule has 2 rings (SSSR count). The Morgan fingerprint density at radius 2 is 2.21 bits per heavy atom. The van der Waals surface area contributed by atoms with E-state index in [1.165, 1.54) is 19.3 Å². The average Bonchev–Trinajstić information content (AvgIpc) is 2.32. The highest BCUT2D eigenvalue weighted by Crippen LogP contribution is 2.34. The fourth-order valence-corrected chi connectivity index (χ4v) is 2.39. The summed E-state index contributed by atoms with van der Waals surface area (Å²) in [6, 6.07) is 0.471. The molecule has 2 amide bonds. The molecule has 14 heavy (non-hydrogen) atoms. The molecule has 0 aromatic carbocycles. The molecule has 1 saturated carbocycles. The molecule has 2 aliphatic rings. The number of rotatable bonds is 3. The number of aliphatic hydroxyl groups is 1. The highest BCUT2D eigenvalue weighted by molar-refractivity contribution is 5.77. The predicted molar refractivity (Wildman–Crippen MR) is 52.9 cm³/mol. The van der Waals surface area contributed by atoms with E-state index >= 15 is 0 Å². The van der Waals surface area contributed by atoms with E-state index in [4.69, 9.17) is 5.11 Å². The Kier molecular flexibility index (Phi) is 2.63.